The van der Waals surface area contributed by atoms with Gasteiger partial charge >= 0.3 is 0 Å². The van der Waals surface area contributed by atoms with Crippen molar-refractivity contribution in [3.63, 3.8) is 0 Å². The molecule has 7 heavy (non-hydrogen) atoms. The van der Waals surface area contributed by atoms with E-state index in [4.69, 9.17) is 0 Å². The van der Waals surface area contributed by atoms with Gasteiger partial charge in [-0.3, -0.25) is 0 Å². The molecule has 1 aliphatic heterocycles. The quantitative estimate of drug-likeness (QED) is 0.410. The highest BCUT2D eigenvalue weighted by Gasteiger charge is 2.17. The van der Waals surface area contributed by atoms with E-state index in [1.807, 2.05) is 6.08 Å². The van der Waals surface area contributed by atoms with Crippen molar-refractivity contribution in [3.8, 4) is 0 Å². The number of rotatable bonds is 3. The van der Waals surface area contributed by atoms with Crippen LogP contribution < -0.4 is 5.32 Å². The molecule has 1 unspecified atom stereocenters. The molecule has 0 saturated carbocycles. The van der Waals surface area contributed by atoms with Gasteiger partial charge in [0.15, 0.2) is 0 Å². The van der Waals surface area contributed by atoms with Crippen molar-refractivity contribution in [1.29, 1.82) is 0 Å². The molecule has 1 rings (SSSR count). The smallest absolute Gasteiger partial charge is 0.0196 e. The first-order valence-corrected chi connectivity index (χ1v) is 2.78. The lowest BCUT2D eigenvalue weighted by Crippen LogP contribution is -1.86. The summed E-state index contributed by atoms with van der Waals surface area (Å²) in [4.78, 5) is 0. The molecule has 1 aliphatic rings. The van der Waals surface area contributed by atoms with Crippen LogP contribution in [0.1, 0.15) is 12.8 Å². The summed E-state index contributed by atoms with van der Waals surface area (Å²) < 4.78 is 0. The van der Waals surface area contributed by atoms with E-state index < -0.39 is 0 Å². The normalized spacial score (nSPS) is 27.1. The van der Waals surface area contributed by atoms with Gasteiger partial charge in [-0.15, -0.1) is 6.58 Å². The molecule has 1 heteroatoms. The van der Waals surface area contributed by atoms with Crippen molar-refractivity contribution >= 4 is 0 Å². The SMILES string of the molecule is C=CCCC1CN1. The topological polar surface area (TPSA) is 21.9 Å². The van der Waals surface area contributed by atoms with Gasteiger partial charge in [-0.25, -0.2) is 0 Å². The van der Waals surface area contributed by atoms with Crippen molar-refractivity contribution in [1.82, 2.24) is 5.32 Å². The highest BCUT2D eigenvalue weighted by atomic mass is 15.1. The van der Waals surface area contributed by atoms with E-state index in [-0.39, 0.29) is 0 Å². The Kier molecular flexibility index (Phi) is 1.47. The molecule has 0 aromatic rings. The van der Waals surface area contributed by atoms with Crippen LogP contribution in [0.3, 0.4) is 0 Å². The molecule has 0 aromatic heterocycles. The molecule has 1 heterocycles. The molecule has 0 aromatic carbocycles. The monoisotopic (exact) mass is 97.1 g/mol. The number of allylic oxidation sites excluding steroid dienone is 1. The first kappa shape index (κ1) is 4.85. The Bertz CT molecular complexity index is 64.6. The second kappa shape index (κ2) is 2.12. The molecular formula is C6H11N. The lowest BCUT2D eigenvalue weighted by Gasteiger charge is -1.84. The molecule has 0 aliphatic carbocycles. The van der Waals surface area contributed by atoms with Crippen LogP contribution in [0.15, 0.2) is 12.7 Å². The highest BCUT2D eigenvalue weighted by Crippen LogP contribution is 2.04. The summed E-state index contributed by atoms with van der Waals surface area (Å²) >= 11 is 0. The van der Waals surface area contributed by atoms with Crippen LogP contribution in [-0.4, -0.2) is 12.6 Å². The molecule has 0 amide bonds. The zero-order valence-corrected chi connectivity index (χ0v) is 4.48. The maximum atomic E-state index is 3.63. The van der Waals surface area contributed by atoms with Crippen molar-refractivity contribution < 1.29 is 0 Å². The van der Waals surface area contributed by atoms with Crippen molar-refractivity contribution in [2.45, 2.75) is 18.9 Å². The predicted octanol–water partition coefficient (Wildman–Crippen LogP) is 0.924. The maximum Gasteiger partial charge on any atom is 0.0196 e. The molecular weight excluding hydrogens is 86.1 g/mol. The number of nitrogens with one attached hydrogen (secondary N) is 1. The summed E-state index contributed by atoms with van der Waals surface area (Å²) in [7, 11) is 0. The molecule has 40 valence electrons. The van der Waals surface area contributed by atoms with E-state index in [1.165, 1.54) is 13.0 Å². The van der Waals surface area contributed by atoms with Crippen molar-refractivity contribution in [2.24, 2.45) is 0 Å². The van der Waals surface area contributed by atoms with E-state index in [1.54, 1.807) is 0 Å². The first-order valence-electron chi connectivity index (χ1n) is 2.78. The first-order chi connectivity index (χ1) is 3.43. The highest BCUT2D eigenvalue weighted by molar-refractivity contribution is 4.85. The third-order valence-electron chi connectivity index (χ3n) is 1.21. The zero-order valence-electron chi connectivity index (χ0n) is 4.48. The Balaban J connectivity index is 1.88. The molecule has 1 atom stereocenters. The summed E-state index contributed by atoms with van der Waals surface area (Å²) in [6.07, 6.45) is 4.42. The molecule has 0 bridgehead atoms. The second-order valence-electron chi connectivity index (χ2n) is 1.97. The minimum atomic E-state index is 0.831. The van der Waals surface area contributed by atoms with Crippen LogP contribution in [0.5, 0.6) is 0 Å². The number of hydrogen-bond donors (Lipinski definition) is 1. The minimum absolute atomic E-state index is 0.831. The van der Waals surface area contributed by atoms with Crippen LogP contribution in [0.4, 0.5) is 0 Å². The molecule has 1 saturated heterocycles. The van der Waals surface area contributed by atoms with Crippen LogP contribution in [0, 0.1) is 0 Å². The van der Waals surface area contributed by atoms with E-state index in [9.17, 15) is 0 Å². The Hall–Kier alpha value is -0.300. The Morgan fingerprint density at radius 1 is 1.86 bits per heavy atom. The predicted molar refractivity (Wildman–Crippen MR) is 31.2 cm³/mol. The summed E-state index contributed by atoms with van der Waals surface area (Å²) in [6.45, 7) is 4.86. The summed E-state index contributed by atoms with van der Waals surface area (Å²) in [5.41, 5.74) is 0. The van der Waals surface area contributed by atoms with Gasteiger partial charge in [-0.1, -0.05) is 6.08 Å². The van der Waals surface area contributed by atoms with Crippen molar-refractivity contribution in [3.05, 3.63) is 12.7 Å². The van der Waals surface area contributed by atoms with Gasteiger partial charge in [0.25, 0.3) is 0 Å². The summed E-state index contributed by atoms with van der Waals surface area (Å²) in [5, 5.41) is 3.22. The molecule has 1 nitrogen and oxygen atoms in total. The van der Waals surface area contributed by atoms with Crippen LogP contribution in [-0.2, 0) is 0 Å². The standard InChI is InChI=1S/C6H11N/c1-2-3-4-6-5-7-6/h2,6-7H,1,3-5H2. The van der Waals surface area contributed by atoms with E-state index in [0.717, 1.165) is 12.5 Å². The largest absolute Gasteiger partial charge is 0.311 e. The van der Waals surface area contributed by atoms with Crippen molar-refractivity contribution in [2.75, 3.05) is 6.54 Å². The van der Waals surface area contributed by atoms with Gasteiger partial charge in [0, 0.05) is 12.6 Å². The second-order valence-corrected chi connectivity index (χ2v) is 1.97. The fourth-order valence-corrected chi connectivity index (χ4v) is 0.606. The molecule has 0 spiro atoms. The van der Waals surface area contributed by atoms with Gasteiger partial charge in [-0.2, -0.15) is 0 Å². The molecule has 1 fully saturated rings. The molecule has 0 radical (unpaired) electrons. The summed E-state index contributed by atoms with van der Waals surface area (Å²) in [5.74, 6) is 0. The van der Waals surface area contributed by atoms with Crippen LogP contribution >= 0.6 is 0 Å². The van der Waals surface area contributed by atoms with Gasteiger partial charge in [0.1, 0.15) is 0 Å². The van der Waals surface area contributed by atoms with E-state index in [0.29, 0.717) is 0 Å². The van der Waals surface area contributed by atoms with Gasteiger partial charge in [0.05, 0.1) is 0 Å². The third-order valence-corrected chi connectivity index (χ3v) is 1.21. The maximum absolute atomic E-state index is 3.63. The Labute approximate surface area is 44.4 Å². The van der Waals surface area contributed by atoms with Crippen LogP contribution in [0.2, 0.25) is 0 Å². The molecule has 1 N–H and O–H groups in total. The van der Waals surface area contributed by atoms with Crippen LogP contribution in [0.25, 0.3) is 0 Å². The van der Waals surface area contributed by atoms with E-state index in [2.05, 4.69) is 11.9 Å². The van der Waals surface area contributed by atoms with Gasteiger partial charge in [-0.05, 0) is 12.8 Å². The fourth-order valence-electron chi connectivity index (χ4n) is 0.606. The third kappa shape index (κ3) is 1.74. The Morgan fingerprint density at radius 3 is 3.00 bits per heavy atom. The summed E-state index contributed by atoms with van der Waals surface area (Å²) in [6, 6.07) is 0.831. The van der Waals surface area contributed by atoms with Gasteiger partial charge in [0.2, 0.25) is 0 Å². The minimum Gasteiger partial charge on any atom is -0.311 e. The number of hydrogen-bond acceptors (Lipinski definition) is 1. The van der Waals surface area contributed by atoms with Gasteiger partial charge < -0.3 is 5.32 Å². The fraction of sp³-hybridized carbons (Fsp3) is 0.667. The lowest BCUT2D eigenvalue weighted by molar-refractivity contribution is 0.823. The van der Waals surface area contributed by atoms with E-state index >= 15 is 0 Å². The average molecular weight is 97.2 g/mol. The lowest BCUT2D eigenvalue weighted by atomic mass is 10.2. The zero-order chi connectivity index (χ0) is 5.11. The Morgan fingerprint density at radius 2 is 2.57 bits per heavy atom. The average Bonchev–Trinajstić information content (AvgIpc) is 2.42.